The number of pyridine rings is 1. The van der Waals surface area contributed by atoms with E-state index in [2.05, 4.69) is 21.6 Å². The highest BCUT2D eigenvalue weighted by molar-refractivity contribution is 5.96. The SMILES string of the molecule is C=CCOCC(NC(=O)c1ccc(OCC(F)(F)F)nc1)C(=O)O. The number of hydrogen-bond acceptors (Lipinski definition) is 5. The number of aromatic nitrogens is 1. The molecule has 132 valence electrons. The Morgan fingerprint density at radius 3 is 2.62 bits per heavy atom. The van der Waals surface area contributed by atoms with Gasteiger partial charge in [-0.25, -0.2) is 9.78 Å². The lowest BCUT2D eigenvalue weighted by Gasteiger charge is -2.14. The minimum atomic E-state index is -4.50. The Morgan fingerprint density at radius 2 is 2.12 bits per heavy atom. The molecule has 10 heteroatoms. The maximum atomic E-state index is 12.0. The molecule has 0 aliphatic rings. The van der Waals surface area contributed by atoms with Gasteiger partial charge in [-0.2, -0.15) is 13.2 Å². The minimum absolute atomic E-state index is 0.0377. The number of hydrogen-bond donors (Lipinski definition) is 2. The predicted molar refractivity (Wildman–Crippen MR) is 75.7 cm³/mol. The van der Waals surface area contributed by atoms with Gasteiger partial charge in [0.2, 0.25) is 5.88 Å². The first-order valence-corrected chi connectivity index (χ1v) is 6.61. The van der Waals surface area contributed by atoms with E-state index < -0.39 is 30.7 Å². The van der Waals surface area contributed by atoms with Crippen molar-refractivity contribution in [3.8, 4) is 5.88 Å². The van der Waals surface area contributed by atoms with Crippen LogP contribution < -0.4 is 10.1 Å². The summed E-state index contributed by atoms with van der Waals surface area (Å²) >= 11 is 0. The molecular weight excluding hydrogens is 333 g/mol. The lowest BCUT2D eigenvalue weighted by molar-refractivity contribution is -0.154. The van der Waals surface area contributed by atoms with Crippen molar-refractivity contribution in [2.24, 2.45) is 0 Å². The fraction of sp³-hybridized carbons (Fsp3) is 0.357. The molecule has 24 heavy (non-hydrogen) atoms. The summed E-state index contributed by atoms with van der Waals surface area (Å²) in [7, 11) is 0. The van der Waals surface area contributed by atoms with Crippen LogP contribution in [-0.4, -0.2) is 54.0 Å². The number of ether oxygens (including phenoxy) is 2. The number of carbonyl (C=O) groups is 2. The molecule has 1 heterocycles. The standard InChI is InChI=1S/C14H15F3N2O5/c1-2-5-23-7-10(13(21)22)19-12(20)9-3-4-11(18-6-9)24-8-14(15,16)17/h2-4,6,10H,1,5,7-8H2,(H,19,20)(H,21,22). The second-order valence-corrected chi connectivity index (χ2v) is 4.48. The molecular formula is C14H15F3N2O5. The third-order valence-electron chi connectivity index (χ3n) is 2.51. The average molecular weight is 348 g/mol. The molecule has 2 N–H and O–H groups in total. The largest absolute Gasteiger partial charge is 0.480 e. The number of amides is 1. The third-order valence-corrected chi connectivity index (χ3v) is 2.51. The highest BCUT2D eigenvalue weighted by atomic mass is 19.4. The van der Waals surface area contributed by atoms with E-state index in [0.29, 0.717) is 0 Å². The molecule has 1 unspecified atom stereocenters. The lowest BCUT2D eigenvalue weighted by atomic mass is 10.2. The fourth-order valence-corrected chi connectivity index (χ4v) is 1.44. The lowest BCUT2D eigenvalue weighted by Crippen LogP contribution is -2.44. The number of nitrogens with zero attached hydrogens (tertiary/aromatic N) is 1. The number of aliphatic carboxylic acids is 1. The Morgan fingerprint density at radius 1 is 1.42 bits per heavy atom. The van der Waals surface area contributed by atoms with Crippen LogP contribution in [-0.2, 0) is 9.53 Å². The van der Waals surface area contributed by atoms with Crippen LogP contribution in [0.3, 0.4) is 0 Å². The van der Waals surface area contributed by atoms with Gasteiger partial charge >= 0.3 is 12.1 Å². The first kappa shape index (κ1) is 19.4. The van der Waals surface area contributed by atoms with Crippen molar-refractivity contribution in [2.75, 3.05) is 19.8 Å². The summed E-state index contributed by atoms with van der Waals surface area (Å²) in [6, 6.07) is 0.945. The van der Waals surface area contributed by atoms with Gasteiger partial charge in [-0.1, -0.05) is 6.08 Å². The van der Waals surface area contributed by atoms with Gasteiger partial charge in [0.05, 0.1) is 18.8 Å². The second-order valence-electron chi connectivity index (χ2n) is 4.48. The zero-order valence-electron chi connectivity index (χ0n) is 12.4. The molecule has 1 atom stereocenters. The molecule has 1 aromatic rings. The molecule has 0 spiro atoms. The van der Waals surface area contributed by atoms with E-state index in [4.69, 9.17) is 9.84 Å². The van der Waals surface area contributed by atoms with E-state index in [1.54, 1.807) is 0 Å². The van der Waals surface area contributed by atoms with Crippen molar-refractivity contribution < 1.29 is 37.3 Å². The molecule has 0 fully saturated rings. The molecule has 0 aromatic carbocycles. The Labute approximate surface area is 135 Å². The highest BCUT2D eigenvalue weighted by Gasteiger charge is 2.28. The van der Waals surface area contributed by atoms with E-state index in [9.17, 15) is 22.8 Å². The van der Waals surface area contributed by atoms with E-state index >= 15 is 0 Å². The van der Waals surface area contributed by atoms with E-state index in [1.165, 1.54) is 6.08 Å². The molecule has 0 aliphatic carbocycles. The number of alkyl halides is 3. The summed E-state index contributed by atoms with van der Waals surface area (Å²) in [6.07, 6.45) is -2.10. The van der Waals surface area contributed by atoms with Crippen molar-refractivity contribution in [1.29, 1.82) is 0 Å². The first-order chi connectivity index (χ1) is 11.2. The van der Waals surface area contributed by atoms with Gasteiger partial charge in [-0.3, -0.25) is 4.79 Å². The van der Waals surface area contributed by atoms with Crippen LogP contribution in [0, 0.1) is 0 Å². The number of halogens is 3. The predicted octanol–water partition coefficient (Wildman–Crippen LogP) is 1.41. The Kier molecular flexibility index (Phi) is 7.18. The monoisotopic (exact) mass is 348 g/mol. The zero-order valence-corrected chi connectivity index (χ0v) is 12.4. The number of carbonyl (C=O) groups excluding carboxylic acids is 1. The summed E-state index contributed by atoms with van der Waals surface area (Å²) in [5.74, 6) is -2.38. The topological polar surface area (TPSA) is 97.8 Å². The molecule has 0 bridgehead atoms. The van der Waals surface area contributed by atoms with Crippen LogP contribution in [0.4, 0.5) is 13.2 Å². The van der Waals surface area contributed by atoms with Crippen LogP contribution >= 0.6 is 0 Å². The summed E-state index contributed by atoms with van der Waals surface area (Å²) in [5, 5.41) is 11.2. The van der Waals surface area contributed by atoms with Gasteiger partial charge in [0.15, 0.2) is 12.6 Å². The summed E-state index contributed by atoms with van der Waals surface area (Å²) in [4.78, 5) is 26.5. The Bertz CT molecular complexity index is 575. The van der Waals surface area contributed by atoms with Crippen LogP contribution in [0.5, 0.6) is 5.88 Å². The van der Waals surface area contributed by atoms with Gasteiger partial charge in [0, 0.05) is 12.3 Å². The van der Waals surface area contributed by atoms with Crippen molar-refractivity contribution >= 4 is 11.9 Å². The smallest absolute Gasteiger partial charge is 0.422 e. The van der Waals surface area contributed by atoms with Crippen LogP contribution in [0.15, 0.2) is 31.0 Å². The van der Waals surface area contributed by atoms with Crippen LogP contribution in [0.25, 0.3) is 0 Å². The molecule has 7 nitrogen and oxygen atoms in total. The average Bonchev–Trinajstić information content (AvgIpc) is 2.51. The number of nitrogens with one attached hydrogen (secondary N) is 1. The molecule has 0 saturated carbocycles. The van der Waals surface area contributed by atoms with Crippen LogP contribution in [0.2, 0.25) is 0 Å². The Hall–Kier alpha value is -2.62. The van der Waals surface area contributed by atoms with Crippen molar-refractivity contribution in [2.45, 2.75) is 12.2 Å². The van der Waals surface area contributed by atoms with Crippen molar-refractivity contribution in [3.63, 3.8) is 0 Å². The molecule has 0 radical (unpaired) electrons. The third kappa shape index (κ3) is 7.09. The van der Waals surface area contributed by atoms with Crippen LogP contribution in [0.1, 0.15) is 10.4 Å². The number of carboxylic acid groups (broad SMARTS) is 1. The second kappa shape index (κ2) is 8.87. The quantitative estimate of drug-likeness (QED) is 0.517. The zero-order chi connectivity index (χ0) is 18.2. The summed E-state index contributed by atoms with van der Waals surface area (Å²) in [5.41, 5.74) is -0.0377. The summed E-state index contributed by atoms with van der Waals surface area (Å²) < 4.78 is 45.4. The normalized spacial score (nSPS) is 12.3. The van der Waals surface area contributed by atoms with Gasteiger partial charge in [-0.05, 0) is 6.07 Å². The Balaban J connectivity index is 2.62. The number of rotatable bonds is 9. The van der Waals surface area contributed by atoms with Crippen molar-refractivity contribution in [3.05, 3.63) is 36.5 Å². The van der Waals surface area contributed by atoms with Crippen molar-refractivity contribution in [1.82, 2.24) is 10.3 Å². The first-order valence-electron chi connectivity index (χ1n) is 6.61. The molecule has 1 aromatic heterocycles. The summed E-state index contributed by atoms with van der Waals surface area (Å²) in [6.45, 7) is 1.74. The fourth-order valence-electron chi connectivity index (χ4n) is 1.44. The van der Waals surface area contributed by atoms with Gasteiger partial charge in [-0.15, -0.1) is 6.58 Å². The maximum absolute atomic E-state index is 12.0. The van der Waals surface area contributed by atoms with E-state index in [1.807, 2.05) is 0 Å². The molecule has 1 amide bonds. The highest BCUT2D eigenvalue weighted by Crippen LogP contribution is 2.17. The van der Waals surface area contributed by atoms with Gasteiger partial charge < -0.3 is 19.9 Å². The van der Waals surface area contributed by atoms with E-state index in [0.717, 1.165) is 18.3 Å². The molecule has 1 rings (SSSR count). The number of carboxylic acids is 1. The molecule has 0 saturated heterocycles. The van der Waals surface area contributed by atoms with Gasteiger partial charge in [0.25, 0.3) is 5.91 Å². The minimum Gasteiger partial charge on any atom is -0.480 e. The maximum Gasteiger partial charge on any atom is 0.422 e. The molecule has 0 aliphatic heterocycles. The van der Waals surface area contributed by atoms with Gasteiger partial charge in [0.1, 0.15) is 0 Å². The van der Waals surface area contributed by atoms with E-state index in [-0.39, 0.29) is 24.7 Å².